The molecule has 4 rings (SSSR count). The van der Waals surface area contributed by atoms with Gasteiger partial charge in [0, 0.05) is 6.04 Å². The number of carbonyl (C=O) groups excluding carboxylic acids is 1. The Bertz CT molecular complexity index is 1370. The molecular weight excluding hydrogens is 402 g/mol. The topological polar surface area (TPSA) is 73.1 Å². The number of nitrogens with one attached hydrogen (secondary N) is 1. The average molecular weight is 428 g/mol. The molecule has 1 heterocycles. The summed E-state index contributed by atoms with van der Waals surface area (Å²) in [5.41, 5.74) is 2.09. The molecule has 0 fully saturated rings. The van der Waals surface area contributed by atoms with Crippen LogP contribution in [0.4, 0.5) is 0 Å². The summed E-state index contributed by atoms with van der Waals surface area (Å²) in [6, 6.07) is 23.9. The highest BCUT2D eigenvalue weighted by atomic mass is 16.2. The lowest BCUT2D eigenvalue weighted by molar-refractivity contribution is -0.120. The number of aromatic nitrogens is 2. The van der Waals surface area contributed by atoms with E-state index in [1.807, 2.05) is 50.2 Å². The minimum atomic E-state index is -0.400. The van der Waals surface area contributed by atoms with Gasteiger partial charge >= 0.3 is 5.69 Å². The van der Waals surface area contributed by atoms with Crippen molar-refractivity contribution in [1.82, 2.24) is 14.5 Å². The molecule has 3 aromatic carbocycles. The van der Waals surface area contributed by atoms with E-state index in [0.717, 1.165) is 11.1 Å². The van der Waals surface area contributed by atoms with Gasteiger partial charge in [0.05, 0.1) is 29.6 Å². The molecule has 6 heteroatoms. The van der Waals surface area contributed by atoms with E-state index in [0.29, 0.717) is 23.1 Å². The fraction of sp³-hybridized carbons (Fsp3) is 0.192. The van der Waals surface area contributed by atoms with Crippen molar-refractivity contribution in [1.29, 1.82) is 0 Å². The smallest absolute Gasteiger partial charge is 0.336 e. The molecule has 0 bridgehead atoms. The summed E-state index contributed by atoms with van der Waals surface area (Å²) in [6.07, 6.45) is 0.239. The molecule has 0 aliphatic carbocycles. The number of nitrogens with zero attached hydrogens (tertiary/aromatic N) is 2. The molecule has 32 heavy (non-hydrogen) atoms. The van der Waals surface area contributed by atoms with Gasteiger partial charge in [0.1, 0.15) is 0 Å². The zero-order valence-electron chi connectivity index (χ0n) is 18.1. The Morgan fingerprint density at radius 3 is 2.19 bits per heavy atom. The highest BCUT2D eigenvalue weighted by Gasteiger charge is 2.15. The van der Waals surface area contributed by atoms with Crippen LogP contribution in [-0.4, -0.2) is 21.1 Å². The highest BCUT2D eigenvalue weighted by Crippen LogP contribution is 2.13. The average Bonchev–Trinajstić information content (AvgIpc) is 2.78. The van der Waals surface area contributed by atoms with Crippen LogP contribution in [0, 0.1) is 0 Å². The molecule has 0 aliphatic rings. The van der Waals surface area contributed by atoms with Crippen LogP contribution in [-0.2, 0) is 17.8 Å². The van der Waals surface area contributed by atoms with Crippen LogP contribution >= 0.6 is 0 Å². The third-order valence-corrected chi connectivity index (χ3v) is 5.24. The zero-order valence-corrected chi connectivity index (χ0v) is 18.1. The van der Waals surface area contributed by atoms with Gasteiger partial charge in [-0.25, -0.2) is 9.36 Å². The predicted octanol–water partition coefficient (Wildman–Crippen LogP) is 3.27. The molecule has 1 N–H and O–H groups in total. The summed E-state index contributed by atoms with van der Waals surface area (Å²) in [5, 5.41) is 3.33. The number of benzene rings is 3. The van der Waals surface area contributed by atoms with Crippen LogP contribution in [0.5, 0.6) is 0 Å². The summed E-state index contributed by atoms with van der Waals surface area (Å²) in [6.45, 7) is 4.18. The first kappa shape index (κ1) is 21.3. The highest BCUT2D eigenvalue weighted by molar-refractivity contribution is 5.79. The van der Waals surface area contributed by atoms with Crippen molar-refractivity contribution in [2.45, 2.75) is 32.9 Å². The third-order valence-electron chi connectivity index (χ3n) is 5.24. The maximum absolute atomic E-state index is 13.5. The van der Waals surface area contributed by atoms with E-state index in [9.17, 15) is 14.4 Å². The molecule has 0 atom stereocenters. The van der Waals surface area contributed by atoms with E-state index in [4.69, 9.17) is 0 Å². The number of rotatable bonds is 6. The van der Waals surface area contributed by atoms with Crippen molar-refractivity contribution in [2.24, 2.45) is 0 Å². The molecule has 4 aromatic rings. The molecule has 1 aromatic heterocycles. The van der Waals surface area contributed by atoms with Gasteiger partial charge in [-0.3, -0.25) is 14.2 Å². The molecule has 0 saturated heterocycles. The molecule has 0 saturated carbocycles. The summed E-state index contributed by atoms with van der Waals surface area (Å²) in [5.74, 6) is -0.0687. The fourth-order valence-electron chi connectivity index (χ4n) is 3.79. The molecule has 0 unspecified atom stereocenters. The molecule has 0 aliphatic heterocycles. The van der Waals surface area contributed by atoms with Crippen molar-refractivity contribution in [3.05, 3.63) is 111 Å². The summed E-state index contributed by atoms with van der Waals surface area (Å²) >= 11 is 0. The summed E-state index contributed by atoms with van der Waals surface area (Å²) < 4.78 is 2.82. The van der Waals surface area contributed by atoms with Gasteiger partial charge in [-0.15, -0.1) is 0 Å². The minimum Gasteiger partial charge on any atom is -0.354 e. The maximum Gasteiger partial charge on any atom is 0.336 e. The van der Waals surface area contributed by atoms with E-state index in [1.54, 1.807) is 47.0 Å². The Morgan fingerprint density at radius 2 is 1.50 bits per heavy atom. The van der Waals surface area contributed by atoms with Crippen molar-refractivity contribution < 1.29 is 4.79 Å². The minimum absolute atomic E-state index is 0.0687. The lowest BCUT2D eigenvalue weighted by atomic mass is 10.1. The zero-order chi connectivity index (χ0) is 22.7. The number of para-hydroxylation sites is 1. The second kappa shape index (κ2) is 9.06. The normalized spacial score (nSPS) is 11.1. The first-order valence-electron chi connectivity index (χ1n) is 10.6. The Kier molecular flexibility index (Phi) is 6.03. The predicted molar refractivity (Wildman–Crippen MR) is 126 cm³/mol. The first-order chi connectivity index (χ1) is 15.4. The number of hydrogen-bond donors (Lipinski definition) is 1. The van der Waals surface area contributed by atoms with Crippen LogP contribution < -0.4 is 16.6 Å². The van der Waals surface area contributed by atoms with E-state index >= 15 is 0 Å². The second-order valence-corrected chi connectivity index (χ2v) is 8.08. The third kappa shape index (κ3) is 4.39. The Labute approximate surface area is 185 Å². The number of fused-ring (bicyclic) bond motifs is 1. The van der Waals surface area contributed by atoms with Crippen LogP contribution in [0.3, 0.4) is 0 Å². The Hall–Kier alpha value is -3.93. The van der Waals surface area contributed by atoms with E-state index in [1.165, 1.54) is 4.57 Å². The van der Waals surface area contributed by atoms with Crippen molar-refractivity contribution in [2.75, 3.05) is 0 Å². The quantitative estimate of drug-likeness (QED) is 0.513. The van der Waals surface area contributed by atoms with Crippen molar-refractivity contribution in [3.63, 3.8) is 0 Å². The summed E-state index contributed by atoms with van der Waals surface area (Å²) in [7, 11) is 0. The molecule has 162 valence electrons. The molecule has 0 spiro atoms. The second-order valence-electron chi connectivity index (χ2n) is 8.08. The van der Waals surface area contributed by atoms with Gasteiger partial charge in [-0.1, -0.05) is 54.6 Å². The SMILES string of the molecule is CC(C)NC(=O)Cc1ccc(-n2c(=O)c3ccccc3n(Cc3ccccc3)c2=O)cc1. The number of carbonyl (C=O) groups is 1. The van der Waals surface area contributed by atoms with Crippen LogP contribution in [0.2, 0.25) is 0 Å². The van der Waals surface area contributed by atoms with Crippen LogP contribution in [0.15, 0.2) is 88.5 Å². The van der Waals surface area contributed by atoms with Crippen molar-refractivity contribution >= 4 is 16.8 Å². The monoisotopic (exact) mass is 427 g/mol. The Balaban J connectivity index is 1.78. The molecule has 6 nitrogen and oxygen atoms in total. The van der Waals surface area contributed by atoms with Crippen molar-refractivity contribution in [3.8, 4) is 5.69 Å². The lowest BCUT2D eigenvalue weighted by Gasteiger charge is -2.15. The molecular formula is C26H25N3O3. The lowest BCUT2D eigenvalue weighted by Crippen LogP contribution is -2.39. The van der Waals surface area contributed by atoms with E-state index in [2.05, 4.69) is 5.32 Å². The fourth-order valence-corrected chi connectivity index (χ4v) is 3.79. The van der Waals surface area contributed by atoms with E-state index in [-0.39, 0.29) is 23.9 Å². The first-order valence-corrected chi connectivity index (χ1v) is 10.6. The van der Waals surface area contributed by atoms with Crippen LogP contribution in [0.1, 0.15) is 25.0 Å². The van der Waals surface area contributed by atoms with Gasteiger partial charge in [0.25, 0.3) is 5.56 Å². The summed E-state index contributed by atoms with van der Waals surface area (Å²) in [4.78, 5) is 38.7. The molecule has 0 radical (unpaired) electrons. The van der Waals surface area contributed by atoms with Gasteiger partial charge in [-0.05, 0) is 49.2 Å². The van der Waals surface area contributed by atoms with Gasteiger partial charge in [0.2, 0.25) is 5.91 Å². The number of hydrogen-bond acceptors (Lipinski definition) is 3. The van der Waals surface area contributed by atoms with Gasteiger partial charge in [0.15, 0.2) is 0 Å². The van der Waals surface area contributed by atoms with Gasteiger partial charge in [-0.2, -0.15) is 0 Å². The standard InChI is InChI=1S/C26H25N3O3/c1-18(2)27-24(30)16-19-12-14-21(15-13-19)29-25(31)22-10-6-7-11-23(22)28(26(29)32)17-20-8-4-3-5-9-20/h3-15,18H,16-17H2,1-2H3,(H,27,30). The van der Waals surface area contributed by atoms with Gasteiger partial charge < -0.3 is 5.32 Å². The largest absolute Gasteiger partial charge is 0.354 e. The molecule has 1 amide bonds. The maximum atomic E-state index is 13.5. The Morgan fingerprint density at radius 1 is 0.844 bits per heavy atom. The van der Waals surface area contributed by atoms with Crippen LogP contribution in [0.25, 0.3) is 16.6 Å². The number of amides is 1. The van der Waals surface area contributed by atoms with E-state index < -0.39 is 5.69 Å².